The summed E-state index contributed by atoms with van der Waals surface area (Å²) in [5.41, 5.74) is 5.09. The average molecular weight is 452 g/mol. The van der Waals surface area contributed by atoms with Gasteiger partial charge in [-0.3, -0.25) is 9.71 Å². The number of carbonyl (C=O) groups is 1. The normalized spacial score (nSPS) is 12.5. The van der Waals surface area contributed by atoms with Gasteiger partial charge in [0.1, 0.15) is 5.69 Å². The van der Waals surface area contributed by atoms with Crippen molar-refractivity contribution in [3.05, 3.63) is 53.7 Å². The predicted molar refractivity (Wildman–Crippen MR) is 107 cm³/mol. The topological polar surface area (TPSA) is 142 Å². The number of nitrogens with two attached hydrogens (primary N) is 1. The number of alkyl halides is 2. The van der Waals surface area contributed by atoms with Crippen LogP contribution in [0.1, 0.15) is 17.0 Å². The highest BCUT2D eigenvalue weighted by Crippen LogP contribution is 2.39. The second-order valence-electron chi connectivity index (χ2n) is 6.55. The number of sulfonamides is 1. The summed E-state index contributed by atoms with van der Waals surface area (Å²) in [6.45, 7) is 0. The van der Waals surface area contributed by atoms with E-state index < -0.39 is 28.5 Å². The maximum absolute atomic E-state index is 14.2. The number of nitrogens with zero attached hydrogens (tertiary/aromatic N) is 4. The number of hydrogen-bond donors (Lipinski definition) is 2. The first-order valence-electron chi connectivity index (χ1n) is 8.75. The molecule has 0 fully saturated rings. The lowest BCUT2D eigenvalue weighted by Gasteiger charge is -2.20. The van der Waals surface area contributed by atoms with Crippen molar-refractivity contribution in [3.63, 3.8) is 0 Å². The number of halogens is 2. The molecule has 0 spiro atoms. The van der Waals surface area contributed by atoms with Gasteiger partial charge in [-0.15, -0.1) is 5.10 Å². The number of hydrogen-bond acceptors (Lipinski definition) is 7. The summed E-state index contributed by atoms with van der Waals surface area (Å²) in [6, 6.07) is 9.12. The Balaban J connectivity index is 2.26. The van der Waals surface area contributed by atoms with Crippen LogP contribution < -0.4 is 15.2 Å². The molecule has 0 aliphatic rings. The van der Waals surface area contributed by atoms with Crippen molar-refractivity contribution < 1.29 is 26.7 Å². The van der Waals surface area contributed by atoms with Gasteiger partial charge in [-0.1, -0.05) is 35.5 Å². The molecule has 3 N–H and O–H groups in total. The zero-order valence-corrected chi connectivity index (χ0v) is 17.2. The Hall–Kier alpha value is -3.61. The molecule has 31 heavy (non-hydrogen) atoms. The Kier molecular flexibility index (Phi) is 6.15. The van der Waals surface area contributed by atoms with E-state index in [9.17, 15) is 22.0 Å². The molecule has 0 bridgehead atoms. The van der Waals surface area contributed by atoms with Gasteiger partial charge in [-0.2, -0.15) is 0 Å². The zero-order valence-electron chi connectivity index (χ0n) is 16.4. The summed E-state index contributed by atoms with van der Waals surface area (Å²) >= 11 is 0. The molecule has 10 nitrogen and oxygen atoms in total. The Labute approximate surface area is 176 Å². The van der Waals surface area contributed by atoms with E-state index in [4.69, 9.17) is 10.5 Å². The summed E-state index contributed by atoms with van der Waals surface area (Å²) < 4.78 is 60.0. The second-order valence-corrected chi connectivity index (χ2v) is 8.30. The number of carbonyl (C=O) groups excluding carboxylic acids is 1. The number of benzene rings is 1. The van der Waals surface area contributed by atoms with E-state index in [2.05, 4.69) is 20.0 Å². The Bertz CT molecular complexity index is 1200. The summed E-state index contributed by atoms with van der Waals surface area (Å²) in [7, 11) is -2.28. The van der Waals surface area contributed by atoms with Gasteiger partial charge in [0.2, 0.25) is 16.4 Å². The van der Waals surface area contributed by atoms with Gasteiger partial charge in [0.15, 0.2) is 5.69 Å². The second kappa shape index (κ2) is 8.63. The van der Waals surface area contributed by atoms with E-state index in [1.807, 2.05) is 0 Å². The van der Waals surface area contributed by atoms with Crippen molar-refractivity contribution in [1.29, 1.82) is 0 Å². The fourth-order valence-electron chi connectivity index (χ4n) is 3.01. The largest absolute Gasteiger partial charge is 0.411 e. The van der Waals surface area contributed by atoms with E-state index >= 15 is 0 Å². The van der Waals surface area contributed by atoms with Crippen LogP contribution in [0.2, 0.25) is 0 Å². The Morgan fingerprint density at radius 3 is 2.48 bits per heavy atom. The zero-order chi connectivity index (χ0) is 22.8. The lowest BCUT2D eigenvalue weighted by Crippen LogP contribution is -2.19. The minimum absolute atomic E-state index is 0.0240. The number of ether oxygens (including phenoxy) is 1. The first-order chi connectivity index (χ1) is 14.6. The summed E-state index contributed by atoms with van der Waals surface area (Å²) in [4.78, 5) is 15.4. The molecule has 2 heterocycles. The van der Waals surface area contributed by atoms with E-state index in [1.165, 1.54) is 25.2 Å². The molecule has 13 heteroatoms. The number of anilines is 1. The SMILES string of the molecule is Cn1nnc(-c2ncc(NS(C)(=O)=O)cc2[C@H](c2ccccc2)C(F)F)c1OC(N)=O. The molecule has 0 aliphatic carbocycles. The van der Waals surface area contributed by atoms with Gasteiger partial charge in [-0.25, -0.2) is 26.7 Å². The summed E-state index contributed by atoms with van der Waals surface area (Å²) in [5, 5.41) is 7.61. The van der Waals surface area contributed by atoms with E-state index in [0.29, 0.717) is 0 Å². The van der Waals surface area contributed by atoms with Crippen LogP contribution in [0.5, 0.6) is 5.88 Å². The predicted octanol–water partition coefficient (Wildman–Crippen LogP) is 2.10. The maximum Gasteiger partial charge on any atom is 0.411 e. The van der Waals surface area contributed by atoms with E-state index in [-0.39, 0.29) is 34.1 Å². The van der Waals surface area contributed by atoms with Gasteiger partial charge in [0.05, 0.1) is 24.1 Å². The molecule has 0 aliphatic heterocycles. The van der Waals surface area contributed by atoms with Gasteiger partial charge >= 0.3 is 6.09 Å². The fourth-order valence-corrected chi connectivity index (χ4v) is 3.55. The lowest BCUT2D eigenvalue weighted by molar-refractivity contribution is 0.129. The van der Waals surface area contributed by atoms with Crippen LogP contribution in [0.4, 0.5) is 19.3 Å². The first-order valence-corrected chi connectivity index (χ1v) is 10.6. The molecular formula is C18H18F2N6O4S. The first kappa shape index (κ1) is 22.1. The van der Waals surface area contributed by atoms with Crippen molar-refractivity contribution >= 4 is 21.8 Å². The van der Waals surface area contributed by atoms with Gasteiger partial charge in [-0.05, 0) is 17.2 Å². The molecule has 164 valence electrons. The number of rotatable bonds is 7. The van der Waals surface area contributed by atoms with Crippen LogP contribution in [0.15, 0.2) is 42.6 Å². The monoisotopic (exact) mass is 452 g/mol. The lowest BCUT2D eigenvalue weighted by atomic mass is 9.89. The quantitative estimate of drug-likeness (QED) is 0.559. The van der Waals surface area contributed by atoms with E-state index in [0.717, 1.165) is 17.1 Å². The molecule has 1 amide bonds. The summed E-state index contributed by atoms with van der Waals surface area (Å²) in [6.07, 6.45) is -1.98. The summed E-state index contributed by atoms with van der Waals surface area (Å²) in [5.74, 6) is -1.69. The van der Waals surface area contributed by atoms with Crippen LogP contribution in [0.25, 0.3) is 11.4 Å². The highest BCUT2D eigenvalue weighted by Gasteiger charge is 2.31. The molecule has 3 rings (SSSR count). The van der Waals surface area contributed by atoms with Gasteiger partial charge in [0.25, 0.3) is 5.88 Å². The van der Waals surface area contributed by atoms with Crippen molar-refractivity contribution in [3.8, 4) is 17.3 Å². The minimum atomic E-state index is -3.70. The van der Waals surface area contributed by atoms with Crippen LogP contribution in [-0.2, 0) is 17.1 Å². The standard InChI is InChI=1S/C18H18F2N6O4S/c1-26-17(30-18(21)27)15(23-25-26)14-12(8-11(9-22-14)24-31(2,28)29)13(16(19)20)10-6-4-3-5-7-10/h3-9,13,16,24H,1-2H3,(H2,21,27)/t13-/m0/s1. The Morgan fingerprint density at radius 1 is 1.23 bits per heavy atom. The number of primary amides is 1. The van der Waals surface area contributed by atoms with Crippen molar-refractivity contribution in [2.24, 2.45) is 12.8 Å². The molecule has 3 aromatic rings. The number of aryl methyl sites for hydroxylation is 1. The average Bonchev–Trinajstić information content (AvgIpc) is 3.01. The van der Waals surface area contributed by atoms with Crippen molar-refractivity contribution in [1.82, 2.24) is 20.0 Å². The smallest absolute Gasteiger partial charge is 0.389 e. The van der Waals surface area contributed by atoms with Crippen LogP contribution >= 0.6 is 0 Å². The molecule has 0 saturated heterocycles. The van der Waals surface area contributed by atoms with Crippen LogP contribution in [0.3, 0.4) is 0 Å². The number of aromatic nitrogens is 4. The minimum Gasteiger partial charge on any atom is -0.389 e. The van der Waals surface area contributed by atoms with Crippen molar-refractivity contribution in [2.45, 2.75) is 12.3 Å². The maximum atomic E-state index is 14.2. The Morgan fingerprint density at radius 2 is 1.90 bits per heavy atom. The molecule has 1 atom stereocenters. The molecule has 0 radical (unpaired) electrons. The molecule has 1 aromatic carbocycles. The van der Waals surface area contributed by atoms with E-state index in [1.54, 1.807) is 18.2 Å². The van der Waals surface area contributed by atoms with Gasteiger partial charge < -0.3 is 10.5 Å². The molecule has 0 unspecified atom stereocenters. The molecule has 2 aromatic heterocycles. The molecule has 0 saturated carbocycles. The highest BCUT2D eigenvalue weighted by molar-refractivity contribution is 7.92. The number of nitrogens with one attached hydrogen (secondary N) is 1. The third-order valence-electron chi connectivity index (χ3n) is 4.16. The van der Waals surface area contributed by atoms with Crippen molar-refractivity contribution in [2.75, 3.05) is 11.0 Å². The third kappa shape index (κ3) is 5.12. The van der Waals surface area contributed by atoms with Crippen LogP contribution in [-0.4, -0.2) is 47.2 Å². The van der Waals surface area contributed by atoms with Gasteiger partial charge in [0, 0.05) is 7.05 Å². The van der Waals surface area contributed by atoms with Crippen LogP contribution in [0, 0.1) is 0 Å². The third-order valence-corrected chi connectivity index (χ3v) is 4.77. The number of pyridine rings is 1. The fraction of sp³-hybridized carbons (Fsp3) is 0.222. The number of amides is 1. The molecular weight excluding hydrogens is 434 g/mol. The highest BCUT2D eigenvalue weighted by atomic mass is 32.2.